The first-order chi connectivity index (χ1) is 10.1. The lowest BCUT2D eigenvalue weighted by Crippen LogP contribution is -2.05. The molecule has 2 aromatic carbocycles. The van der Waals surface area contributed by atoms with E-state index in [1.807, 2.05) is 0 Å². The molecule has 5 nitrogen and oxygen atoms in total. The minimum absolute atomic E-state index is 0.0959. The first-order valence-corrected chi connectivity index (χ1v) is 6.50. The van der Waals surface area contributed by atoms with Crippen LogP contribution < -0.4 is 10.1 Å². The Morgan fingerprint density at radius 3 is 2.57 bits per heavy atom. The maximum atomic E-state index is 12.8. The molecule has 2 aromatic rings. The number of ether oxygens (including phenoxy) is 1. The number of hydrogen-bond donors (Lipinski definition) is 1. The van der Waals surface area contributed by atoms with Crippen LogP contribution in [0.15, 0.2) is 42.5 Å². The lowest BCUT2D eigenvalue weighted by Gasteiger charge is -2.10. The Labute approximate surface area is 121 Å². The second-order valence-electron chi connectivity index (χ2n) is 4.32. The van der Waals surface area contributed by atoms with Crippen LogP contribution in [0.3, 0.4) is 0 Å². The highest BCUT2D eigenvalue weighted by molar-refractivity contribution is 5.68. The number of benzene rings is 2. The maximum Gasteiger partial charge on any atom is 0.333 e. The molecule has 0 unspecified atom stereocenters. The highest BCUT2D eigenvalue weighted by Crippen LogP contribution is 2.34. The molecule has 6 heteroatoms. The normalized spacial score (nSPS) is 10.2. The third kappa shape index (κ3) is 3.68. The fraction of sp³-hybridized carbons (Fsp3) is 0.200. The van der Waals surface area contributed by atoms with E-state index in [0.717, 1.165) is 5.56 Å². The lowest BCUT2D eigenvalue weighted by molar-refractivity contribution is -0.384. The number of para-hydroxylation sites is 1. The van der Waals surface area contributed by atoms with Crippen LogP contribution in [0.4, 0.5) is 15.8 Å². The summed E-state index contributed by atoms with van der Waals surface area (Å²) < 4.78 is 18.1. The molecular formula is C15H15FN2O3. The molecule has 1 N–H and O–H groups in total. The largest absolute Gasteiger partial charge is 0.487 e. The van der Waals surface area contributed by atoms with Crippen molar-refractivity contribution in [1.82, 2.24) is 0 Å². The second-order valence-corrected chi connectivity index (χ2v) is 4.32. The van der Waals surface area contributed by atoms with Crippen molar-refractivity contribution in [2.45, 2.75) is 13.5 Å². The Morgan fingerprint density at radius 1 is 1.24 bits per heavy atom. The Kier molecular flexibility index (Phi) is 4.71. The quantitative estimate of drug-likeness (QED) is 0.650. The Bertz CT molecular complexity index is 629. The highest BCUT2D eigenvalue weighted by Gasteiger charge is 2.20. The predicted octanol–water partition coefficient (Wildman–Crippen LogP) is 3.74. The standard InChI is InChI=1S/C15H15FN2O3/c1-2-21-14-5-3-4-13(15(14)18(19)20)17-10-11-6-8-12(16)9-7-11/h3-9,17H,2,10H2,1H3. The van der Waals surface area contributed by atoms with Crippen molar-refractivity contribution in [1.29, 1.82) is 0 Å². The number of nitrogens with one attached hydrogen (secondary N) is 1. The SMILES string of the molecule is CCOc1cccc(NCc2ccc(F)cc2)c1[N+](=O)[O-]. The van der Waals surface area contributed by atoms with Gasteiger partial charge in [-0.1, -0.05) is 18.2 Å². The molecule has 0 aliphatic rings. The number of nitrogens with zero attached hydrogens (tertiary/aromatic N) is 1. The molecule has 0 amide bonds. The summed E-state index contributed by atoms with van der Waals surface area (Å²) in [6.45, 7) is 2.47. The molecule has 110 valence electrons. The molecule has 0 fully saturated rings. The van der Waals surface area contributed by atoms with Gasteiger partial charge < -0.3 is 10.1 Å². The number of hydrogen-bond acceptors (Lipinski definition) is 4. The van der Waals surface area contributed by atoms with Gasteiger partial charge in [-0.25, -0.2) is 4.39 Å². The zero-order chi connectivity index (χ0) is 15.2. The monoisotopic (exact) mass is 290 g/mol. The predicted molar refractivity (Wildman–Crippen MR) is 78.0 cm³/mol. The van der Waals surface area contributed by atoms with E-state index in [2.05, 4.69) is 5.32 Å². The molecule has 0 spiro atoms. The average Bonchev–Trinajstić information content (AvgIpc) is 2.47. The highest BCUT2D eigenvalue weighted by atomic mass is 19.1. The van der Waals surface area contributed by atoms with Gasteiger partial charge in [0.2, 0.25) is 0 Å². The van der Waals surface area contributed by atoms with Crippen molar-refractivity contribution in [2.24, 2.45) is 0 Å². The third-order valence-electron chi connectivity index (χ3n) is 2.88. The fourth-order valence-electron chi connectivity index (χ4n) is 1.92. The lowest BCUT2D eigenvalue weighted by atomic mass is 10.2. The molecule has 2 rings (SSSR count). The van der Waals surface area contributed by atoms with Crippen molar-refractivity contribution in [2.75, 3.05) is 11.9 Å². The van der Waals surface area contributed by atoms with Gasteiger partial charge in [-0.05, 0) is 36.8 Å². The summed E-state index contributed by atoms with van der Waals surface area (Å²) in [6, 6.07) is 10.8. The molecule has 0 saturated carbocycles. The minimum Gasteiger partial charge on any atom is -0.487 e. The van der Waals surface area contributed by atoms with Gasteiger partial charge in [-0.2, -0.15) is 0 Å². The van der Waals surface area contributed by atoms with Crippen molar-refractivity contribution < 1.29 is 14.1 Å². The zero-order valence-electron chi connectivity index (χ0n) is 11.5. The molecule has 0 radical (unpaired) electrons. The third-order valence-corrected chi connectivity index (χ3v) is 2.88. The molecular weight excluding hydrogens is 275 g/mol. The van der Waals surface area contributed by atoms with Crippen LogP contribution in [-0.4, -0.2) is 11.5 Å². The average molecular weight is 290 g/mol. The number of nitro groups is 1. The van der Waals surface area contributed by atoms with Crippen LogP contribution in [0.5, 0.6) is 5.75 Å². The van der Waals surface area contributed by atoms with Crippen LogP contribution in [0.1, 0.15) is 12.5 Å². The van der Waals surface area contributed by atoms with Gasteiger partial charge in [-0.15, -0.1) is 0 Å². The van der Waals surface area contributed by atoms with E-state index in [9.17, 15) is 14.5 Å². The van der Waals surface area contributed by atoms with Gasteiger partial charge in [0.25, 0.3) is 0 Å². The summed E-state index contributed by atoms with van der Waals surface area (Å²) in [6.07, 6.45) is 0. The van der Waals surface area contributed by atoms with Crippen LogP contribution in [-0.2, 0) is 6.54 Å². The van der Waals surface area contributed by atoms with Crippen LogP contribution in [0.25, 0.3) is 0 Å². The van der Waals surface area contributed by atoms with E-state index in [-0.39, 0.29) is 17.3 Å². The molecule has 0 aromatic heterocycles. The first-order valence-electron chi connectivity index (χ1n) is 6.50. The zero-order valence-corrected chi connectivity index (χ0v) is 11.5. The van der Waals surface area contributed by atoms with Crippen LogP contribution in [0, 0.1) is 15.9 Å². The summed E-state index contributed by atoms with van der Waals surface area (Å²) in [5.74, 6) is -0.0883. The van der Waals surface area contributed by atoms with Crippen LogP contribution >= 0.6 is 0 Å². The first kappa shape index (κ1) is 14.8. The van der Waals surface area contributed by atoms with E-state index in [4.69, 9.17) is 4.74 Å². The summed E-state index contributed by atoms with van der Waals surface area (Å²) in [5, 5.41) is 14.2. The van der Waals surface area contributed by atoms with Crippen molar-refractivity contribution in [3.63, 3.8) is 0 Å². The van der Waals surface area contributed by atoms with Crippen molar-refractivity contribution in [3.8, 4) is 5.75 Å². The summed E-state index contributed by atoms with van der Waals surface area (Å²) in [5.41, 5.74) is 1.10. The van der Waals surface area contributed by atoms with E-state index in [1.54, 1.807) is 37.3 Å². The summed E-state index contributed by atoms with van der Waals surface area (Å²) in [7, 11) is 0. The Balaban J connectivity index is 2.21. The minimum atomic E-state index is -0.474. The van der Waals surface area contributed by atoms with E-state index >= 15 is 0 Å². The van der Waals surface area contributed by atoms with Gasteiger partial charge in [0.1, 0.15) is 11.5 Å². The van der Waals surface area contributed by atoms with Crippen LogP contribution in [0.2, 0.25) is 0 Å². The van der Waals surface area contributed by atoms with E-state index in [1.165, 1.54) is 12.1 Å². The van der Waals surface area contributed by atoms with Crippen molar-refractivity contribution in [3.05, 3.63) is 64.0 Å². The van der Waals surface area contributed by atoms with Gasteiger partial charge in [0.05, 0.1) is 11.5 Å². The molecule has 0 heterocycles. The smallest absolute Gasteiger partial charge is 0.333 e. The maximum absolute atomic E-state index is 12.8. The number of anilines is 1. The number of nitro benzene ring substituents is 1. The van der Waals surface area contributed by atoms with Gasteiger partial charge >= 0.3 is 5.69 Å². The molecule has 21 heavy (non-hydrogen) atoms. The molecule has 0 bridgehead atoms. The Hall–Kier alpha value is -2.63. The topological polar surface area (TPSA) is 64.4 Å². The summed E-state index contributed by atoms with van der Waals surface area (Å²) in [4.78, 5) is 10.7. The van der Waals surface area contributed by atoms with Gasteiger partial charge in [0, 0.05) is 6.54 Å². The second kappa shape index (κ2) is 6.69. The number of rotatable bonds is 6. The van der Waals surface area contributed by atoms with E-state index < -0.39 is 4.92 Å². The molecule has 0 atom stereocenters. The number of halogens is 1. The van der Waals surface area contributed by atoms with Crippen molar-refractivity contribution >= 4 is 11.4 Å². The van der Waals surface area contributed by atoms with Gasteiger partial charge in [-0.3, -0.25) is 10.1 Å². The summed E-state index contributed by atoms with van der Waals surface area (Å²) >= 11 is 0. The fourth-order valence-corrected chi connectivity index (χ4v) is 1.92. The molecule has 0 aliphatic carbocycles. The molecule has 0 saturated heterocycles. The van der Waals surface area contributed by atoms with E-state index in [0.29, 0.717) is 18.8 Å². The molecule has 0 aliphatic heterocycles. The van der Waals surface area contributed by atoms with Gasteiger partial charge in [0.15, 0.2) is 5.75 Å². The Morgan fingerprint density at radius 2 is 1.95 bits per heavy atom.